The highest BCUT2D eigenvalue weighted by atomic mass is 19.1. The van der Waals surface area contributed by atoms with Gasteiger partial charge in [-0.25, -0.2) is 13.8 Å². The molecule has 0 radical (unpaired) electrons. The topological polar surface area (TPSA) is 124 Å². The molecule has 2 amide bonds. The molecule has 1 unspecified atom stereocenters. The van der Waals surface area contributed by atoms with Crippen LogP contribution in [0.4, 0.5) is 8.78 Å². The zero-order chi connectivity index (χ0) is 32.6. The van der Waals surface area contributed by atoms with Crippen molar-refractivity contribution in [3.05, 3.63) is 101 Å². The number of aromatic nitrogens is 2. The van der Waals surface area contributed by atoms with Gasteiger partial charge in [-0.1, -0.05) is 61.9 Å². The Bertz CT molecular complexity index is 1510. The molecule has 10 heteroatoms. The molecule has 0 bridgehead atoms. The zero-order valence-corrected chi connectivity index (χ0v) is 26.2. The predicted octanol–water partition coefficient (Wildman–Crippen LogP) is 5.06. The van der Waals surface area contributed by atoms with E-state index in [0.717, 1.165) is 30.2 Å². The second-order valence-electron chi connectivity index (χ2n) is 11.8. The van der Waals surface area contributed by atoms with Crippen LogP contribution in [-0.4, -0.2) is 57.5 Å². The van der Waals surface area contributed by atoms with Crippen molar-refractivity contribution in [1.29, 1.82) is 0 Å². The third-order valence-electron chi connectivity index (χ3n) is 8.23. The minimum absolute atomic E-state index is 0.0366. The Morgan fingerprint density at radius 1 is 1.11 bits per heavy atom. The van der Waals surface area contributed by atoms with Crippen LogP contribution in [0.25, 0.3) is 11.4 Å². The smallest absolute Gasteiger partial charge is 0.249 e. The number of aliphatic hydroxyl groups is 1. The van der Waals surface area contributed by atoms with Gasteiger partial charge < -0.3 is 26.0 Å². The lowest BCUT2D eigenvalue weighted by molar-refractivity contribution is -0.132. The van der Waals surface area contributed by atoms with Gasteiger partial charge in [0, 0.05) is 61.2 Å². The summed E-state index contributed by atoms with van der Waals surface area (Å²) in [7, 11) is 0. The summed E-state index contributed by atoms with van der Waals surface area (Å²) < 4.78 is 28.5. The molecule has 45 heavy (non-hydrogen) atoms. The van der Waals surface area contributed by atoms with Gasteiger partial charge in [-0.2, -0.15) is 0 Å². The molecule has 3 atom stereocenters. The van der Waals surface area contributed by atoms with Gasteiger partial charge in [-0.3, -0.25) is 9.59 Å². The number of halogens is 2. The van der Waals surface area contributed by atoms with Crippen LogP contribution < -0.4 is 11.1 Å². The summed E-state index contributed by atoms with van der Waals surface area (Å²) in [5.74, 6) is -2.65. The highest BCUT2D eigenvalue weighted by Gasteiger charge is 2.48. The van der Waals surface area contributed by atoms with Gasteiger partial charge in [0.2, 0.25) is 11.8 Å². The van der Waals surface area contributed by atoms with Crippen molar-refractivity contribution in [3.8, 4) is 11.4 Å². The lowest BCUT2D eigenvalue weighted by Gasteiger charge is -2.42. The van der Waals surface area contributed by atoms with Crippen molar-refractivity contribution < 1.29 is 23.5 Å². The van der Waals surface area contributed by atoms with Gasteiger partial charge in [-0.15, -0.1) is 0 Å². The molecule has 0 aliphatic heterocycles. The van der Waals surface area contributed by atoms with Gasteiger partial charge >= 0.3 is 0 Å². The number of rotatable bonds is 15. The minimum atomic E-state index is -1.49. The number of amides is 2. The summed E-state index contributed by atoms with van der Waals surface area (Å²) in [6.45, 7) is 7.27. The third-order valence-corrected chi connectivity index (χ3v) is 8.23. The van der Waals surface area contributed by atoms with Crippen molar-refractivity contribution >= 4 is 11.8 Å². The SMILES string of the molecule is CCCN(CCC)C(=O)C1=CC(C)=CC(C(N)=O)([C@H](Cc2cc(F)cc(F)c2)[C@@H](O)CNCc2cnc(-c3ccccc3)[nH]2)C1. The highest BCUT2D eigenvalue weighted by molar-refractivity contribution is 5.97. The number of aromatic amines is 1. The number of carbonyl (C=O) groups excluding carboxylic acids is 2. The normalized spacial score (nSPS) is 17.7. The molecule has 1 aromatic heterocycles. The zero-order valence-electron chi connectivity index (χ0n) is 26.2. The maximum atomic E-state index is 14.3. The average molecular weight is 620 g/mol. The van der Waals surface area contributed by atoms with Crippen LogP contribution in [0.1, 0.15) is 51.3 Å². The van der Waals surface area contributed by atoms with Gasteiger partial charge in [0.25, 0.3) is 0 Å². The molecule has 5 N–H and O–H groups in total. The average Bonchev–Trinajstić information content (AvgIpc) is 3.48. The van der Waals surface area contributed by atoms with Gasteiger partial charge in [0.15, 0.2) is 0 Å². The first kappa shape index (κ1) is 33.7. The van der Waals surface area contributed by atoms with E-state index >= 15 is 0 Å². The molecular weight excluding hydrogens is 576 g/mol. The number of benzene rings is 2. The molecular formula is C35H43F2N5O3. The minimum Gasteiger partial charge on any atom is -0.391 e. The fourth-order valence-corrected chi connectivity index (χ4v) is 6.25. The van der Waals surface area contributed by atoms with Gasteiger partial charge in [-0.05, 0) is 50.3 Å². The Kier molecular flexibility index (Phi) is 11.4. The van der Waals surface area contributed by atoms with E-state index in [-0.39, 0.29) is 30.9 Å². The summed E-state index contributed by atoms with van der Waals surface area (Å²) >= 11 is 0. The van der Waals surface area contributed by atoms with Crippen molar-refractivity contribution in [3.63, 3.8) is 0 Å². The van der Waals surface area contributed by atoms with Crippen molar-refractivity contribution in [2.24, 2.45) is 17.1 Å². The van der Waals surface area contributed by atoms with Crippen LogP contribution in [0.5, 0.6) is 0 Å². The number of H-pyrrole nitrogens is 1. The maximum absolute atomic E-state index is 14.3. The Morgan fingerprint density at radius 2 is 1.78 bits per heavy atom. The van der Waals surface area contributed by atoms with E-state index in [2.05, 4.69) is 15.3 Å². The van der Waals surface area contributed by atoms with Crippen LogP contribution in [0.15, 0.2) is 78.0 Å². The molecule has 0 saturated carbocycles. The summed E-state index contributed by atoms with van der Waals surface area (Å²) in [5, 5.41) is 14.9. The number of hydrogen-bond acceptors (Lipinski definition) is 5. The van der Waals surface area contributed by atoms with E-state index in [1.165, 1.54) is 12.1 Å². The molecule has 0 spiro atoms. The fourth-order valence-electron chi connectivity index (χ4n) is 6.25. The number of nitrogens with zero attached hydrogens (tertiary/aromatic N) is 2. The first-order valence-electron chi connectivity index (χ1n) is 15.5. The Hall–Kier alpha value is -4.15. The number of aliphatic hydroxyl groups excluding tert-OH is 1. The number of carbonyl (C=O) groups is 2. The summed E-state index contributed by atoms with van der Waals surface area (Å²) in [5.41, 5.74) is 7.68. The molecule has 1 heterocycles. The number of nitrogens with two attached hydrogens (primary N) is 1. The van der Waals surface area contributed by atoms with E-state index in [9.17, 15) is 23.5 Å². The van der Waals surface area contributed by atoms with E-state index in [1.54, 1.807) is 30.2 Å². The fraction of sp³-hybridized carbons (Fsp3) is 0.400. The summed E-state index contributed by atoms with van der Waals surface area (Å²) in [6, 6.07) is 12.8. The van der Waals surface area contributed by atoms with Crippen LogP contribution in [0, 0.1) is 23.0 Å². The molecule has 4 rings (SSSR count). The molecule has 0 saturated heterocycles. The predicted molar refractivity (Wildman–Crippen MR) is 171 cm³/mol. The van der Waals surface area contributed by atoms with Crippen molar-refractivity contribution in [1.82, 2.24) is 20.2 Å². The van der Waals surface area contributed by atoms with E-state index in [4.69, 9.17) is 5.73 Å². The number of hydrogen-bond donors (Lipinski definition) is 4. The van der Waals surface area contributed by atoms with Crippen LogP contribution in [0.3, 0.4) is 0 Å². The van der Waals surface area contributed by atoms with Crippen LogP contribution in [0.2, 0.25) is 0 Å². The second kappa shape index (κ2) is 15.2. The standard InChI is InChI=1S/C35H43F2N5O3/c1-4-11-42(12-5-2)33(44)26-13-23(3)18-35(19-26,34(38)45)30(16-24-14-27(36)17-28(37)15-24)31(43)22-39-20-29-21-40-32(41-29)25-9-7-6-8-10-25/h6-10,13-15,17-18,21,30-31,39,43H,4-5,11-12,16,19-20,22H2,1-3H3,(H2,38,45)(H,40,41)/t30-,31+,35?/m1/s1. The monoisotopic (exact) mass is 619 g/mol. The molecule has 2 aromatic carbocycles. The summed E-state index contributed by atoms with van der Waals surface area (Å²) in [4.78, 5) is 36.6. The van der Waals surface area contributed by atoms with Crippen molar-refractivity contribution in [2.75, 3.05) is 19.6 Å². The van der Waals surface area contributed by atoms with E-state index in [0.29, 0.717) is 36.6 Å². The maximum Gasteiger partial charge on any atom is 0.249 e. The van der Waals surface area contributed by atoms with E-state index in [1.807, 2.05) is 44.2 Å². The Labute approximate surface area is 263 Å². The molecule has 1 aliphatic rings. The molecule has 0 fully saturated rings. The molecule has 1 aliphatic carbocycles. The quantitative estimate of drug-likeness (QED) is 0.189. The van der Waals surface area contributed by atoms with E-state index < -0.39 is 35.0 Å². The molecule has 8 nitrogen and oxygen atoms in total. The molecule has 240 valence electrons. The van der Waals surface area contributed by atoms with Crippen LogP contribution in [-0.2, 0) is 22.6 Å². The number of primary amides is 1. The first-order valence-corrected chi connectivity index (χ1v) is 15.5. The van der Waals surface area contributed by atoms with Crippen LogP contribution >= 0.6 is 0 Å². The second-order valence-corrected chi connectivity index (χ2v) is 11.8. The number of imidazole rings is 1. The van der Waals surface area contributed by atoms with Crippen molar-refractivity contribution in [2.45, 2.75) is 59.1 Å². The lowest BCUT2D eigenvalue weighted by atomic mass is 9.63. The third kappa shape index (κ3) is 8.32. The Balaban J connectivity index is 1.62. The van der Waals surface area contributed by atoms with Gasteiger partial charge in [0.05, 0.1) is 11.5 Å². The first-order chi connectivity index (χ1) is 21.6. The highest BCUT2D eigenvalue weighted by Crippen LogP contribution is 2.44. The lowest BCUT2D eigenvalue weighted by Crippen LogP contribution is -2.51. The molecule has 3 aromatic rings. The number of allylic oxidation sites excluding steroid dienone is 2. The number of nitrogens with one attached hydrogen (secondary N) is 2. The summed E-state index contributed by atoms with van der Waals surface area (Å²) in [6.07, 6.45) is 5.43. The largest absolute Gasteiger partial charge is 0.391 e. The Morgan fingerprint density at radius 3 is 2.40 bits per heavy atom. The van der Waals surface area contributed by atoms with Gasteiger partial charge in [0.1, 0.15) is 17.5 Å².